The van der Waals surface area contributed by atoms with Gasteiger partial charge in [-0.3, -0.25) is 0 Å². The van der Waals surface area contributed by atoms with E-state index in [0.717, 1.165) is 31.9 Å². The molecule has 0 aliphatic heterocycles. The van der Waals surface area contributed by atoms with Gasteiger partial charge in [-0.05, 0) is 24.1 Å². The first-order chi connectivity index (χ1) is 10.3. The van der Waals surface area contributed by atoms with Crippen LogP contribution < -0.4 is 5.32 Å². The fourth-order valence-electron chi connectivity index (χ4n) is 1.84. The first-order valence-electron chi connectivity index (χ1n) is 6.28. The number of hydrogen-bond acceptors (Lipinski definition) is 7. The van der Waals surface area contributed by atoms with Crippen molar-refractivity contribution in [1.29, 1.82) is 0 Å². The van der Waals surface area contributed by atoms with Gasteiger partial charge in [-0.15, -0.1) is 0 Å². The van der Waals surface area contributed by atoms with E-state index in [1.165, 1.54) is 23.5 Å². The Morgan fingerprint density at radius 3 is 2.76 bits per heavy atom. The SMILES string of the molecule is CNc1cc(Sc2ncnc3ccccc23)nc(SC)n1. The molecule has 7 heteroatoms. The molecule has 0 bridgehead atoms. The van der Waals surface area contributed by atoms with E-state index in [0.29, 0.717) is 0 Å². The van der Waals surface area contributed by atoms with Gasteiger partial charge in [-0.1, -0.05) is 30.0 Å². The lowest BCUT2D eigenvalue weighted by atomic mass is 10.2. The van der Waals surface area contributed by atoms with Crippen LogP contribution in [0.2, 0.25) is 0 Å². The van der Waals surface area contributed by atoms with E-state index in [4.69, 9.17) is 0 Å². The van der Waals surface area contributed by atoms with Gasteiger partial charge in [0.1, 0.15) is 22.2 Å². The second-order valence-corrected chi connectivity index (χ2v) is 5.91. The number of nitrogens with one attached hydrogen (secondary N) is 1. The minimum Gasteiger partial charge on any atom is -0.373 e. The molecule has 0 spiro atoms. The minimum absolute atomic E-state index is 0.739. The first kappa shape index (κ1) is 14.1. The van der Waals surface area contributed by atoms with Crippen LogP contribution in [0.1, 0.15) is 0 Å². The van der Waals surface area contributed by atoms with Crippen molar-refractivity contribution in [2.24, 2.45) is 0 Å². The topological polar surface area (TPSA) is 63.6 Å². The second kappa shape index (κ2) is 6.28. The third kappa shape index (κ3) is 3.08. The van der Waals surface area contributed by atoms with Crippen molar-refractivity contribution in [2.45, 2.75) is 15.2 Å². The Kier molecular flexibility index (Phi) is 4.21. The molecule has 0 aliphatic rings. The Labute approximate surface area is 131 Å². The highest BCUT2D eigenvalue weighted by atomic mass is 32.2. The summed E-state index contributed by atoms with van der Waals surface area (Å²) in [4.78, 5) is 17.5. The van der Waals surface area contributed by atoms with E-state index in [1.54, 1.807) is 6.33 Å². The number of benzene rings is 1. The van der Waals surface area contributed by atoms with Crippen molar-refractivity contribution in [1.82, 2.24) is 19.9 Å². The van der Waals surface area contributed by atoms with Crippen LogP contribution in [0.25, 0.3) is 10.9 Å². The largest absolute Gasteiger partial charge is 0.373 e. The van der Waals surface area contributed by atoms with Crippen LogP contribution in [0.4, 0.5) is 5.82 Å². The van der Waals surface area contributed by atoms with Gasteiger partial charge in [-0.2, -0.15) is 0 Å². The molecule has 3 rings (SSSR count). The molecule has 2 heterocycles. The maximum absolute atomic E-state index is 4.52. The van der Waals surface area contributed by atoms with Gasteiger partial charge in [0, 0.05) is 18.5 Å². The second-order valence-electron chi connectivity index (χ2n) is 4.13. The summed E-state index contributed by atoms with van der Waals surface area (Å²) in [6.45, 7) is 0. The van der Waals surface area contributed by atoms with Crippen LogP contribution >= 0.6 is 23.5 Å². The van der Waals surface area contributed by atoms with Crippen molar-refractivity contribution >= 4 is 40.2 Å². The zero-order chi connectivity index (χ0) is 14.7. The molecular weight excluding hydrogens is 302 g/mol. The summed E-state index contributed by atoms with van der Waals surface area (Å²) < 4.78 is 0. The molecule has 0 amide bonds. The summed E-state index contributed by atoms with van der Waals surface area (Å²) in [7, 11) is 1.85. The highest BCUT2D eigenvalue weighted by Crippen LogP contribution is 2.31. The molecule has 1 aromatic carbocycles. The van der Waals surface area contributed by atoms with Crippen molar-refractivity contribution < 1.29 is 0 Å². The van der Waals surface area contributed by atoms with Gasteiger partial charge in [-0.25, -0.2) is 19.9 Å². The van der Waals surface area contributed by atoms with Crippen LogP contribution in [-0.4, -0.2) is 33.2 Å². The van der Waals surface area contributed by atoms with Crippen LogP contribution in [0.3, 0.4) is 0 Å². The van der Waals surface area contributed by atoms with Crippen molar-refractivity contribution in [3.63, 3.8) is 0 Å². The van der Waals surface area contributed by atoms with E-state index >= 15 is 0 Å². The number of rotatable bonds is 4. The number of anilines is 1. The highest BCUT2D eigenvalue weighted by Gasteiger charge is 2.09. The number of nitrogens with zero attached hydrogens (tertiary/aromatic N) is 4. The average molecular weight is 315 g/mol. The Morgan fingerprint density at radius 1 is 1.10 bits per heavy atom. The van der Waals surface area contributed by atoms with E-state index < -0.39 is 0 Å². The fourth-order valence-corrected chi connectivity index (χ4v) is 3.16. The van der Waals surface area contributed by atoms with E-state index in [1.807, 2.05) is 43.6 Å². The van der Waals surface area contributed by atoms with E-state index in [2.05, 4.69) is 25.3 Å². The monoisotopic (exact) mass is 315 g/mol. The fraction of sp³-hybridized carbons (Fsp3) is 0.143. The predicted molar refractivity (Wildman–Crippen MR) is 87.0 cm³/mol. The average Bonchev–Trinajstić information content (AvgIpc) is 2.55. The summed E-state index contributed by atoms with van der Waals surface area (Å²) in [5.41, 5.74) is 0.933. The van der Waals surface area contributed by atoms with Crippen LogP contribution in [0.15, 0.2) is 51.9 Å². The molecule has 21 heavy (non-hydrogen) atoms. The summed E-state index contributed by atoms with van der Waals surface area (Å²) in [6.07, 6.45) is 3.55. The molecule has 5 nitrogen and oxygen atoms in total. The molecule has 0 saturated heterocycles. The zero-order valence-electron chi connectivity index (χ0n) is 11.6. The minimum atomic E-state index is 0.739. The third-order valence-corrected chi connectivity index (χ3v) is 4.31. The molecule has 0 atom stereocenters. The predicted octanol–water partition coefficient (Wildman–Crippen LogP) is 3.33. The molecule has 3 aromatic rings. The zero-order valence-corrected chi connectivity index (χ0v) is 13.2. The van der Waals surface area contributed by atoms with Gasteiger partial charge in [0.15, 0.2) is 5.16 Å². The lowest BCUT2D eigenvalue weighted by Crippen LogP contribution is -1.97. The van der Waals surface area contributed by atoms with Crippen molar-refractivity contribution in [2.75, 3.05) is 18.6 Å². The van der Waals surface area contributed by atoms with Crippen LogP contribution in [0, 0.1) is 0 Å². The number of thioether (sulfide) groups is 1. The number of fused-ring (bicyclic) bond motifs is 1. The van der Waals surface area contributed by atoms with Crippen molar-refractivity contribution in [3.05, 3.63) is 36.7 Å². The lowest BCUT2D eigenvalue weighted by molar-refractivity contribution is 0.895. The number of para-hydroxylation sites is 1. The summed E-state index contributed by atoms with van der Waals surface area (Å²) in [6, 6.07) is 9.88. The first-order valence-corrected chi connectivity index (χ1v) is 8.32. The molecule has 1 N–H and O–H groups in total. The smallest absolute Gasteiger partial charge is 0.190 e. The van der Waals surface area contributed by atoms with Gasteiger partial charge in [0.25, 0.3) is 0 Å². The molecule has 2 aromatic heterocycles. The van der Waals surface area contributed by atoms with Crippen LogP contribution in [-0.2, 0) is 0 Å². The van der Waals surface area contributed by atoms with Crippen molar-refractivity contribution in [3.8, 4) is 0 Å². The highest BCUT2D eigenvalue weighted by molar-refractivity contribution is 7.99. The van der Waals surface area contributed by atoms with Gasteiger partial charge in [0.05, 0.1) is 5.52 Å². The Balaban J connectivity index is 2.02. The maximum Gasteiger partial charge on any atom is 0.190 e. The van der Waals surface area contributed by atoms with E-state index in [-0.39, 0.29) is 0 Å². The molecule has 0 radical (unpaired) electrons. The summed E-state index contributed by atoms with van der Waals surface area (Å²) in [5, 5.41) is 6.58. The quantitative estimate of drug-likeness (QED) is 0.450. The summed E-state index contributed by atoms with van der Waals surface area (Å²) >= 11 is 3.04. The molecule has 0 saturated carbocycles. The van der Waals surface area contributed by atoms with E-state index in [9.17, 15) is 0 Å². The molecular formula is C14H13N5S2. The lowest BCUT2D eigenvalue weighted by Gasteiger charge is -2.07. The number of hydrogen-bond donors (Lipinski definition) is 1. The van der Waals surface area contributed by atoms with Gasteiger partial charge >= 0.3 is 0 Å². The molecule has 0 fully saturated rings. The van der Waals surface area contributed by atoms with Crippen LogP contribution in [0.5, 0.6) is 0 Å². The molecule has 0 aliphatic carbocycles. The molecule has 0 unspecified atom stereocenters. The van der Waals surface area contributed by atoms with Gasteiger partial charge in [0.2, 0.25) is 0 Å². The maximum atomic E-state index is 4.52. The van der Waals surface area contributed by atoms with Gasteiger partial charge < -0.3 is 5.32 Å². The summed E-state index contributed by atoms with van der Waals surface area (Å²) in [5.74, 6) is 0.801. The Bertz CT molecular complexity index is 751. The normalized spacial score (nSPS) is 10.8. The number of aromatic nitrogens is 4. The third-order valence-electron chi connectivity index (χ3n) is 2.83. The molecule has 106 valence electrons. The standard InChI is InChI=1S/C14H13N5S2/c1-15-11-7-12(19-14(18-11)20-2)21-13-9-5-3-4-6-10(9)16-8-17-13/h3-8H,1-2H3,(H,15,18,19). The Hall–Kier alpha value is -1.86. The Morgan fingerprint density at radius 2 is 1.95 bits per heavy atom.